The maximum atomic E-state index is 12.7. The second-order valence-corrected chi connectivity index (χ2v) is 8.29. The minimum absolute atomic E-state index is 0.0214. The van der Waals surface area contributed by atoms with Crippen LogP contribution in [-0.2, 0) is 4.74 Å². The normalized spacial score (nSPS) is 34.3. The zero-order valence-corrected chi connectivity index (χ0v) is 15.4. The minimum atomic E-state index is -0.278. The second kappa shape index (κ2) is 6.12. The molecule has 0 aromatic carbocycles. The maximum absolute atomic E-state index is 12.7. The van der Waals surface area contributed by atoms with Crippen LogP contribution in [0.25, 0.3) is 0 Å². The van der Waals surface area contributed by atoms with E-state index in [2.05, 4.69) is 26.1 Å². The Morgan fingerprint density at radius 2 is 1.75 bits per heavy atom. The molecule has 1 saturated heterocycles. The summed E-state index contributed by atoms with van der Waals surface area (Å²) in [6.07, 6.45) is 3.30. The first-order chi connectivity index (χ1) is 11.3. The van der Waals surface area contributed by atoms with Gasteiger partial charge in [-0.05, 0) is 42.9 Å². The average molecular weight is 337 g/mol. The largest absolute Gasteiger partial charge is 0.450 e. The predicted octanol–water partition coefficient (Wildman–Crippen LogP) is 2.68. The standard InChI is InChI=1S/C18H31N3O3/c1-5-24-16(23)21-10-8-20(9-11-21)15(22)19-14-12-13-6-7-18(14,4)17(13,2)3/h13-14H,5-12H2,1-4H3,(H,19,22). The Bertz CT molecular complexity index is 514. The van der Waals surface area contributed by atoms with Gasteiger partial charge in [0, 0.05) is 32.2 Å². The van der Waals surface area contributed by atoms with Crippen molar-refractivity contribution < 1.29 is 14.3 Å². The van der Waals surface area contributed by atoms with Crippen LogP contribution in [0.1, 0.15) is 47.0 Å². The summed E-state index contributed by atoms with van der Waals surface area (Å²) < 4.78 is 5.02. The Balaban J connectivity index is 1.53. The summed E-state index contributed by atoms with van der Waals surface area (Å²) in [6.45, 7) is 11.5. The average Bonchev–Trinajstić information content (AvgIpc) is 2.88. The van der Waals surface area contributed by atoms with E-state index in [-0.39, 0.29) is 23.6 Å². The molecule has 3 fully saturated rings. The van der Waals surface area contributed by atoms with Crippen molar-refractivity contribution in [3.05, 3.63) is 0 Å². The number of urea groups is 1. The van der Waals surface area contributed by atoms with E-state index in [0.717, 1.165) is 6.42 Å². The Kier molecular flexibility index (Phi) is 4.43. The van der Waals surface area contributed by atoms with E-state index in [1.54, 1.807) is 11.8 Å². The quantitative estimate of drug-likeness (QED) is 0.843. The molecule has 24 heavy (non-hydrogen) atoms. The molecule has 0 spiro atoms. The Morgan fingerprint density at radius 3 is 2.25 bits per heavy atom. The third-order valence-corrected chi connectivity index (χ3v) is 7.18. The highest BCUT2D eigenvalue weighted by Crippen LogP contribution is 2.65. The molecular formula is C18H31N3O3. The number of hydrogen-bond acceptors (Lipinski definition) is 3. The van der Waals surface area contributed by atoms with Crippen molar-refractivity contribution in [1.82, 2.24) is 15.1 Å². The molecule has 6 nitrogen and oxygen atoms in total. The lowest BCUT2D eigenvalue weighted by molar-refractivity contribution is 0.0814. The first-order valence-electron chi connectivity index (χ1n) is 9.26. The third kappa shape index (κ3) is 2.64. The highest BCUT2D eigenvalue weighted by molar-refractivity contribution is 5.75. The van der Waals surface area contributed by atoms with Crippen molar-refractivity contribution in [3.63, 3.8) is 0 Å². The summed E-state index contributed by atoms with van der Waals surface area (Å²) >= 11 is 0. The van der Waals surface area contributed by atoms with Gasteiger partial charge in [-0.25, -0.2) is 9.59 Å². The van der Waals surface area contributed by atoms with Crippen LogP contribution in [0.15, 0.2) is 0 Å². The summed E-state index contributed by atoms with van der Waals surface area (Å²) in [5.41, 5.74) is 0.494. The molecule has 0 aromatic rings. The van der Waals surface area contributed by atoms with Crippen LogP contribution in [0.4, 0.5) is 9.59 Å². The van der Waals surface area contributed by atoms with Gasteiger partial charge in [-0.2, -0.15) is 0 Å². The minimum Gasteiger partial charge on any atom is -0.450 e. The Morgan fingerprint density at radius 1 is 1.12 bits per heavy atom. The number of piperazine rings is 1. The lowest BCUT2D eigenvalue weighted by Crippen LogP contribution is -2.56. The lowest BCUT2D eigenvalue weighted by atomic mass is 9.69. The van der Waals surface area contributed by atoms with Gasteiger partial charge < -0.3 is 19.9 Å². The smallest absolute Gasteiger partial charge is 0.409 e. The SMILES string of the molecule is CCOC(=O)N1CCN(C(=O)NC2CC3CCC2(C)C3(C)C)CC1. The van der Waals surface area contributed by atoms with Gasteiger partial charge in [-0.15, -0.1) is 0 Å². The number of hydrogen-bond donors (Lipinski definition) is 1. The number of carbonyl (C=O) groups excluding carboxylic acids is 2. The van der Waals surface area contributed by atoms with Gasteiger partial charge >= 0.3 is 12.1 Å². The number of nitrogens with zero attached hydrogens (tertiary/aromatic N) is 2. The number of fused-ring (bicyclic) bond motifs is 2. The van der Waals surface area contributed by atoms with Crippen LogP contribution in [0.5, 0.6) is 0 Å². The first kappa shape index (κ1) is 17.4. The topological polar surface area (TPSA) is 61.9 Å². The van der Waals surface area contributed by atoms with Crippen LogP contribution in [-0.4, -0.2) is 60.8 Å². The van der Waals surface area contributed by atoms with Crippen LogP contribution in [0.3, 0.4) is 0 Å². The van der Waals surface area contributed by atoms with Gasteiger partial charge in [0.05, 0.1) is 6.61 Å². The summed E-state index contributed by atoms with van der Waals surface area (Å²) in [5, 5.41) is 3.30. The number of nitrogens with one attached hydrogen (secondary N) is 1. The van der Waals surface area contributed by atoms with Gasteiger partial charge in [0.15, 0.2) is 0 Å². The molecule has 3 amide bonds. The fraction of sp³-hybridized carbons (Fsp3) is 0.889. The van der Waals surface area contributed by atoms with E-state index in [0.29, 0.717) is 44.1 Å². The van der Waals surface area contributed by atoms with Crippen molar-refractivity contribution in [2.45, 2.75) is 53.0 Å². The van der Waals surface area contributed by atoms with Crippen LogP contribution >= 0.6 is 0 Å². The molecule has 2 saturated carbocycles. The van der Waals surface area contributed by atoms with Crippen molar-refractivity contribution in [2.75, 3.05) is 32.8 Å². The molecule has 1 aliphatic heterocycles. The summed E-state index contributed by atoms with van der Waals surface area (Å²) in [7, 11) is 0. The molecule has 2 aliphatic carbocycles. The molecule has 3 rings (SSSR count). The lowest BCUT2D eigenvalue weighted by Gasteiger charge is -2.41. The number of ether oxygens (including phenoxy) is 1. The van der Waals surface area contributed by atoms with Gasteiger partial charge in [-0.3, -0.25) is 0 Å². The summed E-state index contributed by atoms with van der Waals surface area (Å²) in [5.74, 6) is 0.716. The molecule has 2 bridgehead atoms. The Hall–Kier alpha value is -1.46. The van der Waals surface area contributed by atoms with E-state index < -0.39 is 0 Å². The Labute approximate surface area is 144 Å². The predicted molar refractivity (Wildman–Crippen MR) is 91.7 cm³/mol. The molecule has 3 atom stereocenters. The number of rotatable bonds is 2. The highest BCUT2D eigenvalue weighted by atomic mass is 16.6. The third-order valence-electron chi connectivity index (χ3n) is 7.18. The zero-order valence-electron chi connectivity index (χ0n) is 15.4. The van der Waals surface area contributed by atoms with Gasteiger partial charge in [0.2, 0.25) is 0 Å². The van der Waals surface area contributed by atoms with Gasteiger partial charge in [0.1, 0.15) is 0 Å². The molecular weight excluding hydrogens is 306 g/mol. The fourth-order valence-electron chi connectivity index (χ4n) is 4.97. The fourth-order valence-corrected chi connectivity index (χ4v) is 4.97. The van der Waals surface area contributed by atoms with Crippen molar-refractivity contribution >= 4 is 12.1 Å². The van der Waals surface area contributed by atoms with E-state index in [1.165, 1.54) is 12.8 Å². The highest BCUT2D eigenvalue weighted by Gasteiger charge is 2.61. The molecule has 6 heteroatoms. The number of carbonyl (C=O) groups is 2. The van der Waals surface area contributed by atoms with E-state index in [1.807, 2.05) is 4.90 Å². The van der Waals surface area contributed by atoms with Gasteiger partial charge in [0.25, 0.3) is 0 Å². The summed E-state index contributed by atoms with van der Waals surface area (Å²) in [6, 6.07) is 0.287. The van der Waals surface area contributed by atoms with Crippen LogP contribution in [0.2, 0.25) is 0 Å². The molecule has 0 aromatic heterocycles. The molecule has 1 heterocycles. The summed E-state index contributed by atoms with van der Waals surface area (Å²) in [4.78, 5) is 27.9. The molecule has 136 valence electrons. The van der Waals surface area contributed by atoms with E-state index in [4.69, 9.17) is 4.74 Å². The van der Waals surface area contributed by atoms with Crippen molar-refractivity contribution in [3.8, 4) is 0 Å². The molecule has 1 N–H and O–H groups in total. The van der Waals surface area contributed by atoms with Crippen LogP contribution in [0, 0.1) is 16.7 Å². The molecule has 3 aliphatic rings. The molecule has 0 radical (unpaired) electrons. The monoisotopic (exact) mass is 337 g/mol. The van der Waals surface area contributed by atoms with E-state index in [9.17, 15) is 9.59 Å². The first-order valence-corrected chi connectivity index (χ1v) is 9.26. The van der Waals surface area contributed by atoms with Gasteiger partial charge in [-0.1, -0.05) is 20.8 Å². The van der Waals surface area contributed by atoms with Crippen molar-refractivity contribution in [2.24, 2.45) is 16.7 Å². The zero-order chi connectivity index (χ0) is 17.5. The van der Waals surface area contributed by atoms with Crippen LogP contribution < -0.4 is 5.32 Å². The maximum Gasteiger partial charge on any atom is 0.409 e. The second-order valence-electron chi connectivity index (χ2n) is 8.29. The van der Waals surface area contributed by atoms with E-state index >= 15 is 0 Å². The molecule has 3 unspecified atom stereocenters. The number of amides is 3. The van der Waals surface area contributed by atoms with Crippen molar-refractivity contribution in [1.29, 1.82) is 0 Å².